The van der Waals surface area contributed by atoms with Crippen LogP contribution in [0, 0.1) is 6.92 Å². The predicted molar refractivity (Wildman–Crippen MR) is 92.9 cm³/mol. The number of carbonyl (C=O) groups is 1. The van der Waals surface area contributed by atoms with Crippen LogP contribution < -0.4 is 10.1 Å². The molecule has 1 N–H and O–H groups in total. The quantitative estimate of drug-likeness (QED) is 0.857. The maximum atomic E-state index is 12.3. The van der Waals surface area contributed by atoms with Gasteiger partial charge in [0.2, 0.25) is 0 Å². The van der Waals surface area contributed by atoms with Gasteiger partial charge in [-0.25, -0.2) is 8.42 Å². The Labute approximate surface area is 143 Å². The molecule has 2 aromatic carbocycles. The molecule has 2 rings (SSSR count). The fraction of sp³-hybridized carbons (Fsp3) is 0.188. The summed E-state index contributed by atoms with van der Waals surface area (Å²) in [6.07, 6.45) is 1.07. The second-order valence-electron chi connectivity index (χ2n) is 5.06. The van der Waals surface area contributed by atoms with Gasteiger partial charge in [-0.05, 0) is 42.8 Å². The Balaban J connectivity index is 2.34. The van der Waals surface area contributed by atoms with E-state index in [0.717, 1.165) is 16.3 Å². The maximum Gasteiger partial charge on any atom is 0.255 e. The van der Waals surface area contributed by atoms with Crippen LogP contribution in [-0.2, 0) is 9.84 Å². The highest BCUT2D eigenvalue weighted by Crippen LogP contribution is 2.26. The summed E-state index contributed by atoms with van der Waals surface area (Å²) in [5, 5.41) is 2.74. The molecule has 0 heterocycles. The number of carbonyl (C=O) groups excluding carboxylic acids is 1. The highest BCUT2D eigenvalue weighted by molar-refractivity contribution is 9.10. The van der Waals surface area contributed by atoms with Crippen molar-refractivity contribution < 1.29 is 17.9 Å². The van der Waals surface area contributed by atoms with E-state index in [1.54, 1.807) is 12.1 Å². The number of methoxy groups -OCH3 is 1. The molecule has 0 bridgehead atoms. The predicted octanol–water partition coefficient (Wildman–Crippen LogP) is 3.42. The van der Waals surface area contributed by atoms with Gasteiger partial charge in [0.25, 0.3) is 5.91 Å². The van der Waals surface area contributed by atoms with Gasteiger partial charge in [-0.3, -0.25) is 4.79 Å². The molecule has 0 aromatic heterocycles. The zero-order chi connectivity index (χ0) is 17.2. The Hall–Kier alpha value is -1.86. The van der Waals surface area contributed by atoms with E-state index in [4.69, 9.17) is 4.74 Å². The van der Waals surface area contributed by atoms with E-state index >= 15 is 0 Å². The summed E-state index contributed by atoms with van der Waals surface area (Å²) in [6, 6.07) is 9.73. The maximum absolute atomic E-state index is 12.3. The van der Waals surface area contributed by atoms with Crippen molar-refractivity contribution in [1.82, 2.24) is 0 Å². The van der Waals surface area contributed by atoms with E-state index in [0.29, 0.717) is 5.69 Å². The van der Waals surface area contributed by atoms with Crippen LogP contribution in [0.2, 0.25) is 0 Å². The number of benzene rings is 2. The SMILES string of the molecule is COc1ccc(C(=O)Nc2ccc(C)c(Br)c2)cc1S(C)(=O)=O. The van der Waals surface area contributed by atoms with E-state index in [1.807, 2.05) is 13.0 Å². The topological polar surface area (TPSA) is 72.5 Å². The second-order valence-corrected chi connectivity index (χ2v) is 7.89. The van der Waals surface area contributed by atoms with Gasteiger partial charge < -0.3 is 10.1 Å². The lowest BCUT2D eigenvalue weighted by Crippen LogP contribution is -2.13. The minimum Gasteiger partial charge on any atom is -0.495 e. The average molecular weight is 398 g/mol. The zero-order valence-corrected chi connectivity index (χ0v) is 15.3. The molecule has 0 saturated heterocycles. The van der Waals surface area contributed by atoms with Crippen molar-refractivity contribution in [2.45, 2.75) is 11.8 Å². The summed E-state index contributed by atoms with van der Waals surface area (Å²) in [5.41, 5.74) is 1.90. The van der Waals surface area contributed by atoms with Crippen LogP contribution >= 0.6 is 15.9 Å². The minimum atomic E-state index is -3.50. The summed E-state index contributed by atoms with van der Waals surface area (Å²) in [5.74, 6) is -0.185. The molecule has 0 aliphatic carbocycles. The van der Waals surface area contributed by atoms with Gasteiger partial charge in [-0.1, -0.05) is 22.0 Å². The normalized spacial score (nSPS) is 11.1. The Morgan fingerprint density at radius 2 is 1.87 bits per heavy atom. The standard InChI is InChI=1S/C16H16BrNO4S/c1-10-4-6-12(9-13(10)17)18-16(19)11-5-7-14(22-2)15(8-11)23(3,20)21/h4-9H,1-3H3,(H,18,19). The van der Waals surface area contributed by atoms with Crippen molar-refractivity contribution in [2.24, 2.45) is 0 Å². The number of sulfone groups is 1. The average Bonchev–Trinajstić information content (AvgIpc) is 2.49. The van der Waals surface area contributed by atoms with Crippen molar-refractivity contribution in [1.29, 1.82) is 0 Å². The molecule has 0 radical (unpaired) electrons. The first-order valence-corrected chi connectivity index (χ1v) is 9.36. The molecule has 2 aromatic rings. The molecule has 122 valence electrons. The van der Waals surface area contributed by atoms with Crippen LogP contribution in [0.3, 0.4) is 0 Å². The fourth-order valence-electron chi connectivity index (χ4n) is 1.98. The molecular weight excluding hydrogens is 382 g/mol. The molecule has 0 saturated carbocycles. The fourth-order valence-corrected chi connectivity index (χ4v) is 3.22. The van der Waals surface area contributed by atoms with E-state index in [-0.39, 0.29) is 16.2 Å². The van der Waals surface area contributed by atoms with Gasteiger partial charge >= 0.3 is 0 Å². The Bertz CT molecular complexity index is 862. The Kier molecular flexibility index (Phi) is 5.11. The summed E-state index contributed by atoms with van der Waals surface area (Å²) in [4.78, 5) is 12.3. The monoisotopic (exact) mass is 397 g/mol. The summed E-state index contributed by atoms with van der Waals surface area (Å²) < 4.78 is 29.5. The van der Waals surface area contributed by atoms with Gasteiger partial charge in [-0.2, -0.15) is 0 Å². The van der Waals surface area contributed by atoms with Crippen molar-refractivity contribution >= 4 is 37.4 Å². The van der Waals surface area contributed by atoms with E-state index in [9.17, 15) is 13.2 Å². The van der Waals surface area contributed by atoms with Gasteiger partial charge in [0.15, 0.2) is 9.84 Å². The molecule has 0 unspecified atom stereocenters. The molecule has 1 amide bonds. The summed E-state index contributed by atoms with van der Waals surface area (Å²) in [7, 11) is -2.12. The van der Waals surface area contributed by atoms with E-state index in [2.05, 4.69) is 21.2 Å². The second kappa shape index (κ2) is 6.72. The third kappa shape index (κ3) is 4.11. The first-order valence-electron chi connectivity index (χ1n) is 6.68. The largest absolute Gasteiger partial charge is 0.495 e. The number of rotatable bonds is 4. The molecule has 0 aliphatic rings. The lowest BCUT2D eigenvalue weighted by molar-refractivity contribution is 0.102. The lowest BCUT2D eigenvalue weighted by Gasteiger charge is -2.10. The number of hydrogen-bond donors (Lipinski definition) is 1. The first-order chi connectivity index (χ1) is 10.7. The highest BCUT2D eigenvalue weighted by Gasteiger charge is 2.17. The van der Waals surface area contributed by atoms with Gasteiger partial charge in [0.1, 0.15) is 10.6 Å². The van der Waals surface area contributed by atoms with Crippen molar-refractivity contribution in [3.63, 3.8) is 0 Å². The van der Waals surface area contributed by atoms with Crippen LogP contribution in [0.25, 0.3) is 0 Å². The molecule has 7 heteroatoms. The zero-order valence-electron chi connectivity index (χ0n) is 12.9. The van der Waals surface area contributed by atoms with E-state index < -0.39 is 15.7 Å². The van der Waals surface area contributed by atoms with E-state index in [1.165, 1.54) is 25.3 Å². The summed E-state index contributed by atoms with van der Waals surface area (Å²) in [6.45, 7) is 1.94. The third-order valence-corrected chi connectivity index (χ3v) is 5.23. The number of anilines is 1. The highest BCUT2D eigenvalue weighted by atomic mass is 79.9. The van der Waals surface area contributed by atoms with Gasteiger partial charge in [0, 0.05) is 22.0 Å². The smallest absolute Gasteiger partial charge is 0.255 e. The van der Waals surface area contributed by atoms with Crippen molar-refractivity contribution in [3.05, 3.63) is 52.0 Å². The molecule has 0 spiro atoms. The van der Waals surface area contributed by atoms with Crippen LogP contribution in [-0.4, -0.2) is 27.7 Å². The third-order valence-electron chi connectivity index (χ3n) is 3.25. The number of hydrogen-bond acceptors (Lipinski definition) is 4. The molecule has 0 fully saturated rings. The number of ether oxygens (including phenoxy) is 1. The van der Waals surface area contributed by atoms with Gasteiger partial charge in [0.05, 0.1) is 7.11 Å². The van der Waals surface area contributed by atoms with Gasteiger partial charge in [-0.15, -0.1) is 0 Å². The Morgan fingerprint density at radius 3 is 2.43 bits per heavy atom. The molecule has 23 heavy (non-hydrogen) atoms. The Morgan fingerprint density at radius 1 is 1.17 bits per heavy atom. The molecular formula is C16H16BrNO4S. The molecule has 0 aliphatic heterocycles. The number of halogens is 1. The first kappa shape index (κ1) is 17.5. The summed E-state index contributed by atoms with van der Waals surface area (Å²) >= 11 is 3.40. The van der Waals surface area contributed by atoms with Crippen LogP contribution in [0.4, 0.5) is 5.69 Å². The molecule has 0 atom stereocenters. The van der Waals surface area contributed by atoms with Crippen LogP contribution in [0.5, 0.6) is 5.75 Å². The molecule has 5 nitrogen and oxygen atoms in total. The van der Waals surface area contributed by atoms with Crippen LogP contribution in [0.15, 0.2) is 45.8 Å². The minimum absolute atomic E-state index is 0.0160. The van der Waals surface area contributed by atoms with Crippen molar-refractivity contribution in [2.75, 3.05) is 18.7 Å². The number of nitrogens with one attached hydrogen (secondary N) is 1. The number of aryl methyl sites for hydroxylation is 1. The van der Waals surface area contributed by atoms with Crippen molar-refractivity contribution in [3.8, 4) is 5.75 Å². The lowest BCUT2D eigenvalue weighted by atomic mass is 10.2. The number of amides is 1. The van der Waals surface area contributed by atoms with Crippen LogP contribution in [0.1, 0.15) is 15.9 Å².